The molecule has 2 aromatic rings. The Bertz CT molecular complexity index is 589. The average molecular weight is 253 g/mol. The molecule has 0 atom stereocenters. The summed E-state index contributed by atoms with van der Waals surface area (Å²) in [7, 11) is 0. The van der Waals surface area contributed by atoms with Gasteiger partial charge in [0.1, 0.15) is 11.9 Å². The zero-order valence-electron chi connectivity index (χ0n) is 10.7. The van der Waals surface area contributed by atoms with E-state index in [9.17, 15) is 5.26 Å². The summed E-state index contributed by atoms with van der Waals surface area (Å²) in [6.07, 6.45) is 5.08. The van der Waals surface area contributed by atoms with Gasteiger partial charge < -0.3 is 10.6 Å². The van der Waals surface area contributed by atoms with E-state index in [0.29, 0.717) is 23.6 Å². The van der Waals surface area contributed by atoms with Gasteiger partial charge in [0.2, 0.25) is 0 Å². The molecular weight excluding hydrogens is 238 g/mol. The Labute approximate surface area is 112 Å². The van der Waals surface area contributed by atoms with E-state index >= 15 is 0 Å². The van der Waals surface area contributed by atoms with E-state index in [1.54, 1.807) is 24.7 Å². The summed E-state index contributed by atoms with van der Waals surface area (Å²) < 4.78 is 0. The maximum absolute atomic E-state index is 9.17. The lowest BCUT2D eigenvalue weighted by Gasteiger charge is -2.23. The normalized spacial score (nSPS) is 9.89. The molecular formula is C14H15N5. The fourth-order valence-corrected chi connectivity index (χ4v) is 1.85. The van der Waals surface area contributed by atoms with Crippen molar-refractivity contribution in [1.29, 1.82) is 5.26 Å². The summed E-state index contributed by atoms with van der Waals surface area (Å²) in [5.74, 6) is 0.663. The van der Waals surface area contributed by atoms with Crippen LogP contribution in [0.15, 0.2) is 36.8 Å². The Kier molecular flexibility index (Phi) is 3.94. The Morgan fingerprint density at radius 3 is 2.74 bits per heavy atom. The summed E-state index contributed by atoms with van der Waals surface area (Å²) in [4.78, 5) is 10.3. The monoisotopic (exact) mass is 253 g/mol. The highest BCUT2D eigenvalue weighted by molar-refractivity contribution is 5.58. The maximum atomic E-state index is 9.17. The second kappa shape index (κ2) is 5.83. The maximum Gasteiger partial charge on any atom is 0.146 e. The Hall–Kier alpha value is -2.61. The predicted octanol–water partition coefficient (Wildman–Crippen LogP) is 1.96. The molecule has 2 heterocycles. The fraction of sp³-hybridized carbons (Fsp3) is 0.214. The highest BCUT2D eigenvalue weighted by Crippen LogP contribution is 2.20. The van der Waals surface area contributed by atoms with E-state index in [1.165, 1.54) is 0 Å². The molecule has 0 bridgehead atoms. The summed E-state index contributed by atoms with van der Waals surface area (Å²) >= 11 is 0. The quantitative estimate of drug-likeness (QED) is 0.901. The molecule has 0 radical (unpaired) electrons. The third-order valence-corrected chi connectivity index (χ3v) is 2.81. The molecule has 96 valence electrons. The zero-order valence-corrected chi connectivity index (χ0v) is 10.7. The summed E-state index contributed by atoms with van der Waals surface area (Å²) in [6, 6.07) is 7.69. The van der Waals surface area contributed by atoms with Crippen molar-refractivity contribution in [3.8, 4) is 6.07 Å². The Morgan fingerprint density at radius 2 is 2.11 bits per heavy atom. The molecule has 0 unspecified atom stereocenters. The first kappa shape index (κ1) is 12.8. The van der Waals surface area contributed by atoms with Gasteiger partial charge in [-0.15, -0.1) is 0 Å². The van der Waals surface area contributed by atoms with E-state index in [1.807, 2.05) is 24.0 Å². The molecule has 0 spiro atoms. The smallest absolute Gasteiger partial charge is 0.146 e. The molecule has 0 aliphatic rings. The number of hydrogen-bond donors (Lipinski definition) is 1. The number of nitrogens with zero attached hydrogens (tertiary/aromatic N) is 4. The van der Waals surface area contributed by atoms with E-state index in [0.717, 1.165) is 12.1 Å². The van der Waals surface area contributed by atoms with Crippen molar-refractivity contribution in [3.05, 3.63) is 47.9 Å². The number of rotatable bonds is 4. The minimum atomic E-state index is 0.496. The molecule has 5 heteroatoms. The van der Waals surface area contributed by atoms with Gasteiger partial charge >= 0.3 is 0 Å². The molecule has 0 aliphatic heterocycles. The first-order valence-corrected chi connectivity index (χ1v) is 6.04. The van der Waals surface area contributed by atoms with Crippen LogP contribution < -0.4 is 10.6 Å². The van der Waals surface area contributed by atoms with Gasteiger partial charge in [0, 0.05) is 25.5 Å². The summed E-state index contributed by atoms with van der Waals surface area (Å²) in [5.41, 5.74) is 7.78. The standard InChI is InChI=1S/C14H15N5/c1-2-19(10-11-3-5-17-6-4-11)14-12(8-15)7-13(16)9-18-14/h3-7,9H,2,10,16H2,1H3. The first-order valence-electron chi connectivity index (χ1n) is 6.04. The van der Waals surface area contributed by atoms with Crippen LogP contribution in [-0.4, -0.2) is 16.5 Å². The van der Waals surface area contributed by atoms with Gasteiger partial charge in [0.05, 0.1) is 17.4 Å². The summed E-state index contributed by atoms with van der Waals surface area (Å²) in [5, 5.41) is 9.17. The number of hydrogen-bond acceptors (Lipinski definition) is 5. The van der Waals surface area contributed by atoms with E-state index in [-0.39, 0.29) is 0 Å². The zero-order chi connectivity index (χ0) is 13.7. The number of nitrogens with two attached hydrogens (primary N) is 1. The van der Waals surface area contributed by atoms with E-state index in [4.69, 9.17) is 5.73 Å². The molecule has 0 fully saturated rings. The number of aromatic nitrogens is 2. The van der Waals surface area contributed by atoms with E-state index < -0.39 is 0 Å². The van der Waals surface area contributed by atoms with Crippen molar-refractivity contribution in [2.24, 2.45) is 0 Å². The second-order valence-corrected chi connectivity index (χ2v) is 4.12. The van der Waals surface area contributed by atoms with Gasteiger partial charge in [-0.25, -0.2) is 4.98 Å². The topological polar surface area (TPSA) is 78.8 Å². The van der Waals surface area contributed by atoms with Crippen LogP contribution in [0.5, 0.6) is 0 Å². The SMILES string of the molecule is CCN(Cc1ccncc1)c1ncc(N)cc1C#N. The predicted molar refractivity (Wildman–Crippen MR) is 74.3 cm³/mol. The first-order chi connectivity index (χ1) is 9.24. The van der Waals surface area contributed by atoms with Gasteiger partial charge in [-0.2, -0.15) is 5.26 Å². The second-order valence-electron chi connectivity index (χ2n) is 4.12. The number of anilines is 2. The molecule has 2 N–H and O–H groups in total. The van der Waals surface area contributed by atoms with Crippen LogP contribution in [0.3, 0.4) is 0 Å². The fourth-order valence-electron chi connectivity index (χ4n) is 1.85. The van der Waals surface area contributed by atoms with Crippen molar-refractivity contribution in [3.63, 3.8) is 0 Å². The average Bonchev–Trinajstić information content (AvgIpc) is 2.46. The largest absolute Gasteiger partial charge is 0.397 e. The highest BCUT2D eigenvalue weighted by Gasteiger charge is 2.12. The lowest BCUT2D eigenvalue weighted by molar-refractivity contribution is 0.811. The Balaban J connectivity index is 2.30. The van der Waals surface area contributed by atoms with Crippen LogP contribution in [0.4, 0.5) is 11.5 Å². The molecule has 2 rings (SSSR count). The third kappa shape index (κ3) is 2.99. The number of nitriles is 1. The molecule has 0 saturated carbocycles. The van der Waals surface area contributed by atoms with E-state index in [2.05, 4.69) is 16.0 Å². The van der Waals surface area contributed by atoms with Gasteiger partial charge in [-0.3, -0.25) is 4.98 Å². The van der Waals surface area contributed by atoms with Crippen LogP contribution >= 0.6 is 0 Å². The molecule has 2 aromatic heterocycles. The Morgan fingerprint density at radius 1 is 1.37 bits per heavy atom. The molecule has 0 aromatic carbocycles. The van der Waals surface area contributed by atoms with Crippen molar-refractivity contribution < 1.29 is 0 Å². The third-order valence-electron chi connectivity index (χ3n) is 2.81. The minimum absolute atomic E-state index is 0.496. The van der Waals surface area contributed by atoms with Crippen LogP contribution in [0.1, 0.15) is 18.1 Å². The van der Waals surface area contributed by atoms with Crippen molar-refractivity contribution in [2.45, 2.75) is 13.5 Å². The van der Waals surface area contributed by atoms with Crippen LogP contribution in [0.25, 0.3) is 0 Å². The van der Waals surface area contributed by atoms with Gasteiger partial charge in [0.15, 0.2) is 0 Å². The lowest BCUT2D eigenvalue weighted by Crippen LogP contribution is -2.24. The molecule has 0 amide bonds. The molecule has 0 saturated heterocycles. The lowest BCUT2D eigenvalue weighted by atomic mass is 10.2. The summed E-state index contributed by atoms with van der Waals surface area (Å²) in [6.45, 7) is 3.47. The molecule has 19 heavy (non-hydrogen) atoms. The van der Waals surface area contributed by atoms with Gasteiger partial charge in [-0.1, -0.05) is 0 Å². The highest BCUT2D eigenvalue weighted by atomic mass is 15.2. The van der Waals surface area contributed by atoms with Crippen molar-refractivity contribution >= 4 is 11.5 Å². The van der Waals surface area contributed by atoms with Crippen molar-refractivity contribution in [1.82, 2.24) is 9.97 Å². The van der Waals surface area contributed by atoms with Gasteiger partial charge in [0.25, 0.3) is 0 Å². The van der Waals surface area contributed by atoms with Crippen LogP contribution in [0.2, 0.25) is 0 Å². The molecule has 0 aliphatic carbocycles. The van der Waals surface area contributed by atoms with Crippen LogP contribution in [-0.2, 0) is 6.54 Å². The molecule has 5 nitrogen and oxygen atoms in total. The number of pyridine rings is 2. The van der Waals surface area contributed by atoms with Gasteiger partial charge in [-0.05, 0) is 30.7 Å². The minimum Gasteiger partial charge on any atom is -0.397 e. The van der Waals surface area contributed by atoms with Crippen LogP contribution in [0, 0.1) is 11.3 Å². The van der Waals surface area contributed by atoms with Crippen molar-refractivity contribution in [2.75, 3.05) is 17.2 Å². The number of nitrogen functional groups attached to an aromatic ring is 1.